The molecule has 0 saturated carbocycles. The van der Waals surface area contributed by atoms with Gasteiger partial charge in [0.25, 0.3) is 0 Å². The summed E-state index contributed by atoms with van der Waals surface area (Å²) in [4.78, 5) is 24.4. The van der Waals surface area contributed by atoms with E-state index in [9.17, 15) is 9.59 Å². The van der Waals surface area contributed by atoms with Gasteiger partial charge in [-0.3, -0.25) is 9.59 Å². The molecular formula is C10H7Cl2NO2S. The van der Waals surface area contributed by atoms with Gasteiger partial charge in [0.2, 0.25) is 11.8 Å². The van der Waals surface area contributed by atoms with Crippen molar-refractivity contribution in [2.24, 2.45) is 0 Å². The Balaban J connectivity index is 2.53. The van der Waals surface area contributed by atoms with E-state index in [0.29, 0.717) is 0 Å². The highest BCUT2D eigenvalue weighted by molar-refractivity contribution is 7.82. The maximum Gasteiger partial charge on any atom is 0.247 e. The van der Waals surface area contributed by atoms with Crippen molar-refractivity contribution >= 4 is 53.3 Å². The van der Waals surface area contributed by atoms with Gasteiger partial charge in [0.15, 0.2) is 0 Å². The SMILES string of the molecule is O=C1CC(S)C(=O)N1c1c(Cl)cccc1Cl. The molecule has 0 aromatic heterocycles. The van der Waals surface area contributed by atoms with Gasteiger partial charge in [-0.1, -0.05) is 29.3 Å². The van der Waals surface area contributed by atoms with E-state index in [1.54, 1.807) is 18.2 Å². The predicted molar refractivity (Wildman–Crippen MR) is 66.3 cm³/mol. The Morgan fingerprint density at radius 2 is 1.81 bits per heavy atom. The standard InChI is InChI=1S/C10H7Cl2NO2S/c11-5-2-1-3-6(12)9(5)13-8(14)4-7(16)10(13)15/h1-3,7,16H,4H2. The van der Waals surface area contributed by atoms with E-state index in [1.807, 2.05) is 0 Å². The van der Waals surface area contributed by atoms with Crippen molar-refractivity contribution in [2.45, 2.75) is 11.7 Å². The first kappa shape index (κ1) is 11.8. The summed E-state index contributed by atoms with van der Waals surface area (Å²) in [5, 5.41) is -0.0619. The van der Waals surface area contributed by atoms with Gasteiger partial charge < -0.3 is 0 Å². The number of halogens is 2. The molecule has 1 aromatic carbocycles. The molecule has 6 heteroatoms. The normalized spacial score (nSPS) is 20.7. The van der Waals surface area contributed by atoms with Crippen LogP contribution >= 0.6 is 35.8 Å². The second-order valence-electron chi connectivity index (χ2n) is 3.36. The van der Waals surface area contributed by atoms with E-state index in [-0.39, 0.29) is 34.0 Å². The molecule has 1 heterocycles. The number of carbonyl (C=O) groups is 2. The second kappa shape index (κ2) is 4.28. The van der Waals surface area contributed by atoms with Gasteiger partial charge in [-0.05, 0) is 12.1 Å². The van der Waals surface area contributed by atoms with Crippen LogP contribution in [0.15, 0.2) is 18.2 Å². The van der Waals surface area contributed by atoms with Crippen molar-refractivity contribution in [1.29, 1.82) is 0 Å². The molecule has 1 aliphatic heterocycles. The summed E-state index contributed by atoms with van der Waals surface area (Å²) >= 11 is 15.9. The van der Waals surface area contributed by atoms with Crippen LogP contribution in [0.5, 0.6) is 0 Å². The number of amides is 2. The van der Waals surface area contributed by atoms with Crippen molar-refractivity contribution in [3.05, 3.63) is 28.2 Å². The quantitative estimate of drug-likeness (QED) is 0.632. The van der Waals surface area contributed by atoms with Crippen molar-refractivity contribution in [3.63, 3.8) is 0 Å². The fourth-order valence-electron chi connectivity index (χ4n) is 1.55. The van der Waals surface area contributed by atoms with Crippen molar-refractivity contribution < 1.29 is 9.59 Å². The Morgan fingerprint density at radius 1 is 1.25 bits per heavy atom. The number of imide groups is 1. The predicted octanol–water partition coefficient (Wildman–Crippen LogP) is 2.56. The fourth-order valence-corrected chi connectivity index (χ4v) is 2.39. The Hall–Kier alpha value is -0.710. The van der Waals surface area contributed by atoms with Crippen LogP contribution in [-0.4, -0.2) is 17.1 Å². The smallest absolute Gasteiger partial charge is 0.247 e. The van der Waals surface area contributed by atoms with Crippen molar-refractivity contribution in [3.8, 4) is 0 Å². The first-order chi connectivity index (χ1) is 7.52. The molecule has 0 radical (unpaired) electrons. The molecule has 16 heavy (non-hydrogen) atoms. The zero-order valence-corrected chi connectivity index (χ0v) is 10.4. The Morgan fingerprint density at radius 3 is 2.25 bits per heavy atom. The van der Waals surface area contributed by atoms with Crippen LogP contribution in [0.25, 0.3) is 0 Å². The van der Waals surface area contributed by atoms with Gasteiger partial charge in [0.05, 0.1) is 21.0 Å². The summed E-state index contributed by atoms with van der Waals surface area (Å²) in [6, 6.07) is 4.81. The van der Waals surface area contributed by atoms with Crippen LogP contribution in [0.2, 0.25) is 10.0 Å². The number of benzene rings is 1. The van der Waals surface area contributed by atoms with Gasteiger partial charge in [-0.2, -0.15) is 12.6 Å². The zero-order chi connectivity index (χ0) is 11.9. The van der Waals surface area contributed by atoms with Crippen molar-refractivity contribution in [1.82, 2.24) is 0 Å². The minimum absolute atomic E-state index is 0.0729. The molecule has 1 fully saturated rings. The summed E-state index contributed by atoms with van der Waals surface area (Å²) < 4.78 is 0. The second-order valence-corrected chi connectivity index (χ2v) is 4.80. The van der Waals surface area contributed by atoms with E-state index in [1.165, 1.54) is 0 Å². The molecule has 1 saturated heterocycles. The van der Waals surface area contributed by atoms with E-state index in [2.05, 4.69) is 12.6 Å². The molecular weight excluding hydrogens is 269 g/mol. The minimum Gasteiger partial charge on any atom is -0.274 e. The number of carbonyl (C=O) groups excluding carboxylic acids is 2. The Bertz CT molecular complexity index is 458. The number of rotatable bonds is 1. The van der Waals surface area contributed by atoms with E-state index < -0.39 is 5.25 Å². The van der Waals surface area contributed by atoms with E-state index >= 15 is 0 Å². The summed E-state index contributed by atoms with van der Waals surface area (Å²) in [5.74, 6) is -0.719. The highest BCUT2D eigenvalue weighted by Crippen LogP contribution is 2.37. The topological polar surface area (TPSA) is 37.4 Å². The lowest BCUT2D eigenvalue weighted by Crippen LogP contribution is -2.31. The third-order valence-corrected chi connectivity index (χ3v) is 3.30. The average molecular weight is 276 g/mol. The first-order valence-corrected chi connectivity index (χ1v) is 5.78. The number of anilines is 1. The zero-order valence-electron chi connectivity index (χ0n) is 7.98. The van der Waals surface area contributed by atoms with Crippen LogP contribution in [0.1, 0.15) is 6.42 Å². The molecule has 1 atom stereocenters. The summed E-state index contributed by atoms with van der Waals surface area (Å²) in [7, 11) is 0. The number of para-hydroxylation sites is 1. The number of hydrogen-bond acceptors (Lipinski definition) is 3. The van der Waals surface area contributed by atoms with Gasteiger partial charge in [0, 0.05) is 6.42 Å². The van der Waals surface area contributed by atoms with Crippen LogP contribution in [-0.2, 0) is 9.59 Å². The minimum atomic E-state index is -0.611. The molecule has 0 spiro atoms. The molecule has 3 nitrogen and oxygen atoms in total. The Kier molecular flexibility index (Phi) is 3.15. The molecule has 2 rings (SSSR count). The maximum atomic E-state index is 11.7. The molecule has 2 amide bonds. The lowest BCUT2D eigenvalue weighted by atomic mass is 10.3. The molecule has 0 bridgehead atoms. The largest absolute Gasteiger partial charge is 0.274 e. The number of nitrogens with zero attached hydrogens (tertiary/aromatic N) is 1. The summed E-state index contributed by atoms with van der Waals surface area (Å²) in [5.41, 5.74) is 0.248. The molecule has 84 valence electrons. The van der Waals surface area contributed by atoms with Crippen LogP contribution in [0.4, 0.5) is 5.69 Å². The molecule has 0 aliphatic carbocycles. The number of thiol groups is 1. The average Bonchev–Trinajstić information content (AvgIpc) is 2.44. The van der Waals surface area contributed by atoms with Gasteiger partial charge in [-0.15, -0.1) is 0 Å². The van der Waals surface area contributed by atoms with Crippen molar-refractivity contribution in [2.75, 3.05) is 4.90 Å². The summed E-state index contributed by atoms with van der Waals surface area (Å²) in [6.45, 7) is 0. The van der Waals surface area contributed by atoms with Crippen LogP contribution in [0.3, 0.4) is 0 Å². The Labute approximate surface area is 108 Å². The van der Waals surface area contributed by atoms with Gasteiger partial charge in [-0.25, -0.2) is 4.90 Å². The maximum absolute atomic E-state index is 11.7. The van der Waals surface area contributed by atoms with Crippen LogP contribution in [0, 0.1) is 0 Å². The van der Waals surface area contributed by atoms with Crippen LogP contribution < -0.4 is 4.90 Å². The summed E-state index contributed by atoms with van der Waals surface area (Å²) in [6.07, 6.45) is 0.0729. The van der Waals surface area contributed by atoms with E-state index in [0.717, 1.165) is 4.90 Å². The third-order valence-electron chi connectivity index (χ3n) is 2.28. The monoisotopic (exact) mass is 275 g/mol. The molecule has 0 N–H and O–H groups in total. The third kappa shape index (κ3) is 1.81. The fraction of sp³-hybridized carbons (Fsp3) is 0.200. The van der Waals surface area contributed by atoms with E-state index in [4.69, 9.17) is 23.2 Å². The highest BCUT2D eigenvalue weighted by Gasteiger charge is 2.39. The van der Waals surface area contributed by atoms with Gasteiger partial charge in [0.1, 0.15) is 0 Å². The lowest BCUT2D eigenvalue weighted by Gasteiger charge is -2.17. The lowest BCUT2D eigenvalue weighted by molar-refractivity contribution is -0.121. The van der Waals surface area contributed by atoms with Gasteiger partial charge >= 0.3 is 0 Å². The first-order valence-electron chi connectivity index (χ1n) is 4.51. The molecule has 1 aliphatic rings. The highest BCUT2D eigenvalue weighted by atomic mass is 35.5. The molecule has 1 unspecified atom stereocenters. The number of hydrogen-bond donors (Lipinski definition) is 1. The molecule has 1 aromatic rings.